The number of urea groups is 1. The number of hydrogen-bond donors (Lipinski definition) is 1. The van der Waals surface area contributed by atoms with E-state index in [-0.39, 0.29) is 12.1 Å². The summed E-state index contributed by atoms with van der Waals surface area (Å²) < 4.78 is 7.00. The van der Waals surface area contributed by atoms with Gasteiger partial charge >= 0.3 is 6.03 Å². The minimum Gasteiger partial charge on any atom is -0.497 e. The highest BCUT2D eigenvalue weighted by molar-refractivity contribution is 5.77. The van der Waals surface area contributed by atoms with Crippen molar-refractivity contribution in [1.29, 1.82) is 0 Å². The van der Waals surface area contributed by atoms with Crippen molar-refractivity contribution < 1.29 is 9.53 Å². The molecule has 7 nitrogen and oxygen atoms in total. The molecule has 2 heterocycles. The zero-order valence-corrected chi connectivity index (χ0v) is 14.8. The van der Waals surface area contributed by atoms with Crippen molar-refractivity contribution in [3.63, 3.8) is 0 Å². The fraction of sp³-hybridized carbons (Fsp3) is 0.389. The highest BCUT2D eigenvalue weighted by Crippen LogP contribution is 2.24. The molecule has 1 aliphatic rings. The van der Waals surface area contributed by atoms with Gasteiger partial charge in [0.15, 0.2) is 5.82 Å². The molecule has 7 heteroatoms. The van der Waals surface area contributed by atoms with E-state index in [0.717, 1.165) is 18.0 Å². The average molecular weight is 341 g/mol. The Kier molecular flexibility index (Phi) is 5.02. The summed E-state index contributed by atoms with van der Waals surface area (Å²) in [6.45, 7) is 3.19. The van der Waals surface area contributed by atoms with Gasteiger partial charge in [0.25, 0.3) is 0 Å². The number of benzene rings is 1. The lowest BCUT2D eigenvalue weighted by Crippen LogP contribution is -2.43. The molecule has 2 aromatic rings. The van der Waals surface area contributed by atoms with E-state index in [2.05, 4.69) is 33.7 Å². The molecule has 0 saturated heterocycles. The van der Waals surface area contributed by atoms with Gasteiger partial charge in [-0.1, -0.05) is 18.2 Å². The molecule has 0 aliphatic carbocycles. The van der Waals surface area contributed by atoms with Crippen LogP contribution < -0.4 is 10.1 Å². The number of rotatable bonds is 4. The first kappa shape index (κ1) is 17.0. The van der Waals surface area contributed by atoms with E-state index in [1.807, 2.05) is 30.7 Å². The average Bonchev–Trinajstić information content (AvgIpc) is 3.08. The molecule has 1 aromatic carbocycles. The smallest absolute Gasteiger partial charge is 0.318 e. The first-order valence-electron chi connectivity index (χ1n) is 8.31. The third-order valence-corrected chi connectivity index (χ3v) is 4.43. The molecule has 0 spiro atoms. The highest BCUT2D eigenvalue weighted by Gasteiger charge is 2.21. The second kappa shape index (κ2) is 7.38. The monoisotopic (exact) mass is 341 g/mol. The van der Waals surface area contributed by atoms with Crippen LogP contribution in [0.1, 0.15) is 30.8 Å². The van der Waals surface area contributed by atoms with Gasteiger partial charge in [-0.05, 0) is 36.6 Å². The molecule has 0 saturated carbocycles. The summed E-state index contributed by atoms with van der Waals surface area (Å²) >= 11 is 0. The van der Waals surface area contributed by atoms with Crippen LogP contribution in [-0.2, 0) is 7.05 Å². The number of methoxy groups -OCH3 is 1. The van der Waals surface area contributed by atoms with Gasteiger partial charge in [-0.15, -0.1) is 10.2 Å². The quantitative estimate of drug-likeness (QED) is 0.927. The fourth-order valence-corrected chi connectivity index (χ4v) is 2.95. The van der Waals surface area contributed by atoms with Gasteiger partial charge in [0, 0.05) is 20.1 Å². The minimum absolute atomic E-state index is 0.0828. The van der Waals surface area contributed by atoms with Crippen LogP contribution in [0.4, 0.5) is 4.79 Å². The van der Waals surface area contributed by atoms with Crippen LogP contribution in [0.3, 0.4) is 0 Å². The van der Waals surface area contributed by atoms with Crippen molar-refractivity contribution in [3.05, 3.63) is 48.1 Å². The number of amides is 2. The summed E-state index contributed by atoms with van der Waals surface area (Å²) in [4.78, 5) is 14.3. The molecule has 1 aromatic heterocycles. The second-order valence-electron chi connectivity index (χ2n) is 6.13. The maximum absolute atomic E-state index is 12.5. The Morgan fingerprint density at radius 3 is 2.64 bits per heavy atom. The van der Waals surface area contributed by atoms with Gasteiger partial charge in [0.2, 0.25) is 0 Å². The van der Waals surface area contributed by atoms with E-state index in [1.165, 1.54) is 11.1 Å². The molecule has 1 atom stereocenters. The number of nitrogens with one attached hydrogen (secondary N) is 1. The predicted molar refractivity (Wildman–Crippen MR) is 95.1 cm³/mol. The van der Waals surface area contributed by atoms with Crippen LogP contribution in [-0.4, -0.2) is 45.9 Å². The van der Waals surface area contributed by atoms with Crippen molar-refractivity contribution in [1.82, 2.24) is 25.0 Å². The molecular weight excluding hydrogens is 318 g/mol. The standard InChI is InChI=1S/C18H23N5O2/c1-13(17-21-19-12-22(17)2)20-18(24)23-10-8-15(9-11-23)14-4-6-16(25-3)7-5-14/h4-8,12-13H,9-11H2,1-3H3,(H,20,24)/t13-/m0/s1. The molecule has 2 amide bonds. The van der Waals surface area contributed by atoms with E-state index < -0.39 is 0 Å². The lowest BCUT2D eigenvalue weighted by molar-refractivity contribution is 0.199. The van der Waals surface area contributed by atoms with Crippen LogP contribution in [0.2, 0.25) is 0 Å². The first-order valence-corrected chi connectivity index (χ1v) is 8.31. The van der Waals surface area contributed by atoms with Crippen LogP contribution in [0.5, 0.6) is 5.75 Å². The summed E-state index contributed by atoms with van der Waals surface area (Å²) in [6.07, 6.45) is 4.57. The van der Waals surface area contributed by atoms with Crippen molar-refractivity contribution >= 4 is 11.6 Å². The Balaban J connectivity index is 1.59. The molecule has 0 radical (unpaired) electrons. The van der Waals surface area contributed by atoms with Crippen molar-refractivity contribution in [2.75, 3.05) is 20.2 Å². The van der Waals surface area contributed by atoms with Crippen molar-refractivity contribution in [2.24, 2.45) is 7.05 Å². The molecule has 25 heavy (non-hydrogen) atoms. The van der Waals surface area contributed by atoms with E-state index >= 15 is 0 Å². The van der Waals surface area contributed by atoms with E-state index in [4.69, 9.17) is 4.74 Å². The summed E-state index contributed by atoms with van der Waals surface area (Å²) in [5, 5.41) is 10.9. The molecule has 1 aliphatic heterocycles. The number of nitrogens with zero attached hydrogens (tertiary/aromatic N) is 4. The second-order valence-corrected chi connectivity index (χ2v) is 6.13. The van der Waals surface area contributed by atoms with Crippen LogP contribution in [0.25, 0.3) is 5.57 Å². The zero-order valence-electron chi connectivity index (χ0n) is 14.8. The summed E-state index contributed by atoms with van der Waals surface area (Å²) in [6, 6.07) is 7.75. The lowest BCUT2D eigenvalue weighted by Gasteiger charge is -2.28. The summed E-state index contributed by atoms with van der Waals surface area (Å²) in [5.74, 6) is 1.58. The number of carbonyl (C=O) groups excluding carboxylic acids is 1. The third kappa shape index (κ3) is 3.81. The van der Waals surface area contributed by atoms with E-state index in [9.17, 15) is 4.79 Å². The molecule has 1 N–H and O–H groups in total. The largest absolute Gasteiger partial charge is 0.497 e. The molecule has 0 unspecified atom stereocenters. The van der Waals surface area contributed by atoms with Crippen molar-refractivity contribution in [3.8, 4) is 5.75 Å². The first-order chi connectivity index (χ1) is 12.1. The molecule has 0 bridgehead atoms. The maximum atomic E-state index is 12.5. The van der Waals surface area contributed by atoms with Gasteiger partial charge in [0.05, 0.1) is 13.2 Å². The van der Waals surface area contributed by atoms with Crippen LogP contribution in [0.15, 0.2) is 36.7 Å². The Labute approximate surface area is 147 Å². The number of carbonyl (C=O) groups is 1. The number of hydrogen-bond acceptors (Lipinski definition) is 4. The van der Waals surface area contributed by atoms with Crippen LogP contribution in [0, 0.1) is 0 Å². The number of aryl methyl sites for hydroxylation is 1. The number of ether oxygens (including phenoxy) is 1. The van der Waals surface area contributed by atoms with Gasteiger partial charge in [-0.3, -0.25) is 0 Å². The SMILES string of the molecule is COc1ccc(C2=CCN(C(=O)N[C@@H](C)c3nncn3C)CC2)cc1. The minimum atomic E-state index is -0.188. The summed E-state index contributed by atoms with van der Waals surface area (Å²) in [5.41, 5.74) is 2.43. The normalized spacial score (nSPS) is 15.5. The molecule has 3 rings (SSSR count). The van der Waals surface area contributed by atoms with E-state index in [0.29, 0.717) is 13.1 Å². The van der Waals surface area contributed by atoms with Gasteiger partial charge in [-0.25, -0.2) is 4.79 Å². The summed E-state index contributed by atoms with van der Waals surface area (Å²) in [7, 11) is 3.52. The Morgan fingerprint density at radius 1 is 1.32 bits per heavy atom. The van der Waals surface area contributed by atoms with E-state index in [1.54, 1.807) is 18.3 Å². The Hall–Kier alpha value is -2.83. The Bertz CT molecular complexity index is 766. The molecule has 0 fully saturated rings. The number of aromatic nitrogens is 3. The lowest BCUT2D eigenvalue weighted by atomic mass is 9.99. The van der Waals surface area contributed by atoms with Gasteiger partial charge in [0.1, 0.15) is 12.1 Å². The fourth-order valence-electron chi connectivity index (χ4n) is 2.95. The predicted octanol–water partition coefficient (Wildman–Crippen LogP) is 2.38. The third-order valence-electron chi connectivity index (χ3n) is 4.43. The molecular formula is C18H23N5O2. The topological polar surface area (TPSA) is 72.3 Å². The van der Waals surface area contributed by atoms with Gasteiger partial charge < -0.3 is 19.5 Å². The maximum Gasteiger partial charge on any atom is 0.318 e. The Morgan fingerprint density at radius 2 is 2.08 bits per heavy atom. The molecule has 132 valence electrons. The van der Waals surface area contributed by atoms with Crippen LogP contribution >= 0.6 is 0 Å². The highest BCUT2D eigenvalue weighted by atomic mass is 16.5. The zero-order chi connectivity index (χ0) is 17.8. The van der Waals surface area contributed by atoms with Crippen molar-refractivity contribution in [2.45, 2.75) is 19.4 Å². The van der Waals surface area contributed by atoms with Gasteiger partial charge in [-0.2, -0.15) is 0 Å².